The van der Waals surface area contributed by atoms with E-state index < -0.39 is 0 Å². The van der Waals surface area contributed by atoms with Crippen LogP contribution in [-0.2, 0) is 0 Å². The summed E-state index contributed by atoms with van der Waals surface area (Å²) in [5.41, 5.74) is 9.14. The molecule has 0 aliphatic rings. The Balaban J connectivity index is 1.72. The molecule has 2 aromatic carbocycles. The van der Waals surface area contributed by atoms with Crippen molar-refractivity contribution in [1.29, 1.82) is 0 Å². The van der Waals surface area contributed by atoms with Crippen molar-refractivity contribution < 1.29 is 4.39 Å². The summed E-state index contributed by atoms with van der Waals surface area (Å²) in [6.07, 6.45) is 0. The van der Waals surface area contributed by atoms with E-state index >= 15 is 0 Å². The highest BCUT2D eigenvalue weighted by Crippen LogP contribution is 2.32. The quantitative estimate of drug-likeness (QED) is 0.533. The molecule has 0 saturated carbocycles. The Morgan fingerprint density at radius 3 is 2.60 bits per heavy atom. The zero-order valence-electron chi connectivity index (χ0n) is 12.7. The Labute approximate surface area is 155 Å². The van der Waals surface area contributed by atoms with Gasteiger partial charge in [0.2, 0.25) is 0 Å². The van der Waals surface area contributed by atoms with Gasteiger partial charge in [0.25, 0.3) is 0 Å². The maximum atomic E-state index is 13.1. The molecule has 0 aliphatic carbocycles. The minimum atomic E-state index is -0.278. The molecule has 0 unspecified atom stereocenters. The molecule has 25 heavy (non-hydrogen) atoms. The molecule has 0 fully saturated rings. The minimum Gasteiger partial charge on any atom is -0.382 e. The number of halogens is 2. The number of anilines is 1. The molecule has 4 rings (SSSR count). The summed E-state index contributed by atoms with van der Waals surface area (Å²) in [7, 11) is 0. The van der Waals surface area contributed by atoms with Gasteiger partial charge in [0.15, 0.2) is 11.5 Å². The van der Waals surface area contributed by atoms with E-state index in [9.17, 15) is 4.39 Å². The van der Waals surface area contributed by atoms with Crippen LogP contribution in [0.2, 0.25) is 0 Å². The number of nitrogens with zero attached hydrogens (tertiary/aromatic N) is 4. The van der Waals surface area contributed by atoms with Crippen LogP contribution in [0.5, 0.6) is 0 Å². The van der Waals surface area contributed by atoms with Gasteiger partial charge < -0.3 is 5.73 Å². The van der Waals surface area contributed by atoms with Crippen molar-refractivity contribution in [1.82, 2.24) is 20.0 Å². The summed E-state index contributed by atoms with van der Waals surface area (Å²) < 4.78 is 15.5. The monoisotopic (exact) mass is 415 g/mol. The molecule has 2 heterocycles. The summed E-state index contributed by atoms with van der Waals surface area (Å²) in [4.78, 5) is 4.56. The molecule has 0 amide bonds. The van der Waals surface area contributed by atoms with Crippen LogP contribution in [0.4, 0.5) is 10.2 Å². The molecule has 124 valence electrons. The van der Waals surface area contributed by atoms with E-state index in [1.807, 2.05) is 29.6 Å². The second-order valence-corrected chi connectivity index (χ2v) is 6.94. The number of nitrogen functional groups attached to an aromatic ring is 1. The Hall–Kier alpha value is -2.58. The fraction of sp³-hybridized carbons (Fsp3) is 0. The third-order valence-corrected chi connectivity index (χ3v) is 5.15. The molecule has 0 saturated heterocycles. The van der Waals surface area contributed by atoms with Gasteiger partial charge in [-0.2, -0.15) is 4.68 Å². The standard InChI is InChI=1S/C17H11BrFN5S/c18-12-3-1-2-4-14(12)24-16(20)15(22-23-24)17-21-13(9-25-17)10-5-7-11(19)8-6-10/h1-9H,20H2. The average Bonchev–Trinajstić information content (AvgIpc) is 3.23. The van der Waals surface area contributed by atoms with Gasteiger partial charge >= 0.3 is 0 Å². The van der Waals surface area contributed by atoms with Crippen molar-refractivity contribution in [2.24, 2.45) is 0 Å². The molecule has 0 radical (unpaired) electrons. The van der Waals surface area contributed by atoms with Crippen molar-refractivity contribution in [2.75, 3.05) is 5.73 Å². The van der Waals surface area contributed by atoms with Crippen LogP contribution in [0, 0.1) is 5.82 Å². The Morgan fingerprint density at radius 1 is 1.08 bits per heavy atom. The first kappa shape index (κ1) is 15.9. The Kier molecular flexibility index (Phi) is 4.06. The zero-order chi connectivity index (χ0) is 17.4. The van der Waals surface area contributed by atoms with Crippen LogP contribution in [-0.4, -0.2) is 20.0 Å². The summed E-state index contributed by atoms with van der Waals surface area (Å²) in [6.45, 7) is 0. The molecular weight excluding hydrogens is 405 g/mol. The first-order valence-electron chi connectivity index (χ1n) is 7.31. The van der Waals surface area contributed by atoms with Gasteiger partial charge in [0.1, 0.15) is 10.8 Å². The van der Waals surface area contributed by atoms with E-state index in [1.165, 1.54) is 23.5 Å². The zero-order valence-corrected chi connectivity index (χ0v) is 15.1. The lowest BCUT2D eigenvalue weighted by Crippen LogP contribution is -2.03. The molecule has 2 aromatic heterocycles. The number of para-hydroxylation sites is 1. The Morgan fingerprint density at radius 2 is 1.84 bits per heavy atom. The van der Waals surface area contributed by atoms with E-state index in [2.05, 4.69) is 31.2 Å². The van der Waals surface area contributed by atoms with Crippen LogP contribution < -0.4 is 5.73 Å². The highest BCUT2D eigenvalue weighted by Gasteiger charge is 2.17. The SMILES string of the molecule is Nc1c(-c2nc(-c3ccc(F)cc3)cs2)nnn1-c1ccccc1Br. The fourth-order valence-corrected chi connectivity index (χ4v) is 3.65. The summed E-state index contributed by atoms with van der Waals surface area (Å²) >= 11 is 4.90. The summed E-state index contributed by atoms with van der Waals surface area (Å²) in [6, 6.07) is 13.8. The molecule has 0 atom stereocenters. The van der Waals surface area contributed by atoms with E-state index in [0.717, 1.165) is 21.4 Å². The molecular formula is C17H11BrFN5S. The number of hydrogen-bond donors (Lipinski definition) is 1. The molecule has 0 aliphatic heterocycles. The van der Waals surface area contributed by atoms with Gasteiger partial charge in [0.05, 0.1) is 11.4 Å². The largest absolute Gasteiger partial charge is 0.382 e. The molecule has 5 nitrogen and oxygen atoms in total. The van der Waals surface area contributed by atoms with Crippen LogP contribution in [0.3, 0.4) is 0 Å². The lowest BCUT2D eigenvalue weighted by Gasteiger charge is -2.04. The van der Waals surface area contributed by atoms with E-state index in [1.54, 1.807) is 16.8 Å². The van der Waals surface area contributed by atoms with Crippen LogP contribution >= 0.6 is 27.3 Å². The first-order valence-corrected chi connectivity index (χ1v) is 8.98. The normalized spacial score (nSPS) is 11.0. The topological polar surface area (TPSA) is 69.6 Å². The van der Waals surface area contributed by atoms with Crippen LogP contribution in [0.1, 0.15) is 0 Å². The second kappa shape index (κ2) is 6.38. The fourth-order valence-electron chi connectivity index (χ4n) is 2.38. The minimum absolute atomic E-state index is 0.278. The van der Waals surface area contributed by atoms with Gasteiger partial charge in [0, 0.05) is 15.4 Å². The smallest absolute Gasteiger partial charge is 0.165 e. The number of nitrogens with two attached hydrogens (primary N) is 1. The maximum Gasteiger partial charge on any atom is 0.165 e. The van der Waals surface area contributed by atoms with Gasteiger partial charge in [-0.25, -0.2) is 9.37 Å². The number of aromatic nitrogens is 4. The van der Waals surface area contributed by atoms with Gasteiger partial charge in [-0.3, -0.25) is 0 Å². The summed E-state index contributed by atoms with van der Waals surface area (Å²) in [5.74, 6) is 0.131. The van der Waals surface area contributed by atoms with Crippen LogP contribution in [0.15, 0.2) is 58.4 Å². The van der Waals surface area contributed by atoms with Gasteiger partial charge in [-0.15, -0.1) is 16.4 Å². The molecule has 0 bridgehead atoms. The van der Waals surface area contributed by atoms with Crippen molar-refractivity contribution >= 4 is 33.1 Å². The van der Waals surface area contributed by atoms with E-state index in [0.29, 0.717) is 16.5 Å². The molecule has 8 heteroatoms. The number of thiazole rings is 1. The van der Waals surface area contributed by atoms with E-state index in [4.69, 9.17) is 5.73 Å². The lowest BCUT2D eigenvalue weighted by atomic mass is 10.2. The van der Waals surface area contributed by atoms with Gasteiger partial charge in [-0.05, 0) is 52.3 Å². The first-order chi connectivity index (χ1) is 12.1. The average molecular weight is 416 g/mol. The highest BCUT2D eigenvalue weighted by atomic mass is 79.9. The maximum absolute atomic E-state index is 13.1. The van der Waals surface area contributed by atoms with Crippen LogP contribution in [0.25, 0.3) is 27.6 Å². The predicted octanol–water partition coefficient (Wildman–Crippen LogP) is 4.54. The highest BCUT2D eigenvalue weighted by molar-refractivity contribution is 9.10. The third kappa shape index (κ3) is 2.94. The molecule has 2 N–H and O–H groups in total. The van der Waals surface area contributed by atoms with Crippen molar-refractivity contribution in [3.8, 4) is 27.6 Å². The number of rotatable bonds is 3. The predicted molar refractivity (Wildman–Crippen MR) is 100.0 cm³/mol. The molecule has 0 spiro atoms. The van der Waals surface area contributed by atoms with Crippen molar-refractivity contribution in [3.05, 3.63) is 64.2 Å². The lowest BCUT2D eigenvalue weighted by molar-refractivity contribution is 0.628. The van der Waals surface area contributed by atoms with Crippen molar-refractivity contribution in [2.45, 2.75) is 0 Å². The number of hydrogen-bond acceptors (Lipinski definition) is 5. The summed E-state index contributed by atoms with van der Waals surface area (Å²) in [5, 5.41) is 10.9. The second-order valence-electron chi connectivity index (χ2n) is 5.23. The number of benzene rings is 2. The third-order valence-electron chi connectivity index (χ3n) is 3.63. The van der Waals surface area contributed by atoms with Gasteiger partial charge in [-0.1, -0.05) is 17.3 Å². The molecule has 4 aromatic rings. The Bertz CT molecular complexity index is 1040. The van der Waals surface area contributed by atoms with Crippen molar-refractivity contribution in [3.63, 3.8) is 0 Å². The van der Waals surface area contributed by atoms with E-state index in [-0.39, 0.29) is 5.82 Å².